The Bertz CT molecular complexity index is 342. The lowest BCUT2D eigenvalue weighted by atomic mass is 9.85. The van der Waals surface area contributed by atoms with Crippen LogP contribution in [0, 0.1) is 12.8 Å². The third-order valence-corrected chi connectivity index (χ3v) is 2.88. The fourth-order valence-electron chi connectivity index (χ4n) is 1.62. The highest BCUT2D eigenvalue weighted by Gasteiger charge is 2.25. The van der Waals surface area contributed by atoms with Crippen LogP contribution in [0.25, 0.3) is 0 Å². The van der Waals surface area contributed by atoms with E-state index in [-0.39, 0.29) is 11.8 Å². The number of carbonyl (C=O) groups is 1. The van der Waals surface area contributed by atoms with Crippen LogP contribution >= 0.6 is 0 Å². The van der Waals surface area contributed by atoms with E-state index < -0.39 is 0 Å². The molecule has 0 aliphatic heterocycles. The molecule has 1 aliphatic carbocycles. The molecule has 1 aliphatic rings. The Morgan fingerprint density at radius 2 is 2.07 bits per heavy atom. The fourth-order valence-corrected chi connectivity index (χ4v) is 1.62. The summed E-state index contributed by atoms with van der Waals surface area (Å²) in [4.78, 5) is 11.6. The van der Waals surface area contributed by atoms with Gasteiger partial charge in [0.1, 0.15) is 0 Å². The smallest absolute Gasteiger partial charge is 0.227 e. The van der Waals surface area contributed by atoms with Crippen LogP contribution in [-0.4, -0.2) is 5.91 Å². The molecule has 14 heavy (non-hydrogen) atoms. The van der Waals surface area contributed by atoms with Gasteiger partial charge in [-0.1, -0.05) is 24.6 Å². The molecule has 1 N–H and O–H groups in total. The van der Waals surface area contributed by atoms with Gasteiger partial charge in [0.2, 0.25) is 5.91 Å². The van der Waals surface area contributed by atoms with Gasteiger partial charge in [0.25, 0.3) is 0 Å². The zero-order valence-corrected chi connectivity index (χ0v) is 8.42. The number of anilines is 1. The van der Waals surface area contributed by atoms with E-state index in [1.165, 1.54) is 6.42 Å². The largest absolute Gasteiger partial charge is 0.326 e. The third-order valence-electron chi connectivity index (χ3n) is 2.88. The molecule has 74 valence electrons. The predicted octanol–water partition coefficient (Wildman–Crippen LogP) is 2.73. The van der Waals surface area contributed by atoms with E-state index in [1.54, 1.807) is 0 Å². The number of aryl methyl sites for hydroxylation is 1. The quantitative estimate of drug-likeness (QED) is 0.761. The van der Waals surface area contributed by atoms with Crippen molar-refractivity contribution in [2.75, 3.05) is 5.32 Å². The van der Waals surface area contributed by atoms with E-state index in [0.29, 0.717) is 0 Å². The van der Waals surface area contributed by atoms with Gasteiger partial charge in [0.15, 0.2) is 0 Å². The normalized spacial score (nSPS) is 16.1. The van der Waals surface area contributed by atoms with Crippen molar-refractivity contribution in [3.63, 3.8) is 0 Å². The first kappa shape index (κ1) is 9.25. The molecule has 1 aromatic carbocycles. The maximum absolute atomic E-state index is 11.6. The molecule has 0 heterocycles. The Hall–Kier alpha value is -1.31. The van der Waals surface area contributed by atoms with Crippen LogP contribution in [0.4, 0.5) is 5.69 Å². The van der Waals surface area contributed by atoms with Crippen LogP contribution in [0.3, 0.4) is 0 Å². The Labute approximate surface area is 84.3 Å². The van der Waals surface area contributed by atoms with Gasteiger partial charge in [-0.15, -0.1) is 0 Å². The van der Waals surface area contributed by atoms with Gasteiger partial charge in [-0.05, 0) is 31.4 Å². The van der Waals surface area contributed by atoms with Gasteiger partial charge in [-0.3, -0.25) is 4.79 Å². The lowest BCUT2D eigenvalue weighted by molar-refractivity contribution is -0.122. The molecule has 0 radical (unpaired) electrons. The van der Waals surface area contributed by atoms with Crippen molar-refractivity contribution in [3.05, 3.63) is 29.8 Å². The Morgan fingerprint density at radius 1 is 1.36 bits per heavy atom. The summed E-state index contributed by atoms with van der Waals surface area (Å²) in [6.45, 7) is 2.01. The fraction of sp³-hybridized carbons (Fsp3) is 0.417. The van der Waals surface area contributed by atoms with Crippen molar-refractivity contribution >= 4 is 11.6 Å². The highest BCUT2D eigenvalue weighted by atomic mass is 16.1. The number of hydrogen-bond donors (Lipinski definition) is 1. The van der Waals surface area contributed by atoms with Gasteiger partial charge in [-0.2, -0.15) is 0 Å². The lowest BCUT2D eigenvalue weighted by Crippen LogP contribution is -2.28. The molecule has 2 rings (SSSR count). The standard InChI is InChI=1S/C12H15NO/c1-9-5-2-3-8-11(9)13-12(14)10-6-4-7-10/h2-3,5,8,10H,4,6-7H2,1H3,(H,13,14). The van der Waals surface area contributed by atoms with E-state index in [1.807, 2.05) is 31.2 Å². The minimum Gasteiger partial charge on any atom is -0.326 e. The minimum absolute atomic E-state index is 0.186. The van der Waals surface area contributed by atoms with Gasteiger partial charge >= 0.3 is 0 Å². The second-order valence-electron chi connectivity index (χ2n) is 3.93. The number of hydrogen-bond acceptors (Lipinski definition) is 1. The number of nitrogens with one attached hydrogen (secondary N) is 1. The highest BCUT2D eigenvalue weighted by molar-refractivity contribution is 5.93. The van der Waals surface area contributed by atoms with Crippen molar-refractivity contribution in [1.29, 1.82) is 0 Å². The second kappa shape index (κ2) is 3.82. The summed E-state index contributed by atoms with van der Waals surface area (Å²) >= 11 is 0. The Morgan fingerprint density at radius 3 is 2.64 bits per heavy atom. The molecule has 1 aromatic rings. The summed E-state index contributed by atoms with van der Waals surface area (Å²) in [5.74, 6) is 0.445. The van der Waals surface area contributed by atoms with E-state index in [9.17, 15) is 4.79 Å². The SMILES string of the molecule is Cc1ccccc1NC(=O)C1CCC1. The topological polar surface area (TPSA) is 29.1 Å². The summed E-state index contributed by atoms with van der Waals surface area (Å²) in [7, 11) is 0. The Kier molecular flexibility index (Phi) is 2.53. The first-order valence-electron chi connectivity index (χ1n) is 5.14. The minimum atomic E-state index is 0.186. The van der Waals surface area contributed by atoms with Crippen molar-refractivity contribution in [2.24, 2.45) is 5.92 Å². The van der Waals surface area contributed by atoms with Crippen LogP contribution < -0.4 is 5.32 Å². The summed E-state index contributed by atoms with van der Waals surface area (Å²) < 4.78 is 0. The third kappa shape index (κ3) is 1.79. The zero-order chi connectivity index (χ0) is 9.97. The van der Waals surface area contributed by atoms with Crippen LogP contribution in [0.5, 0.6) is 0 Å². The molecular formula is C12H15NO. The van der Waals surface area contributed by atoms with Crippen LogP contribution in [0.2, 0.25) is 0 Å². The van der Waals surface area contributed by atoms with E-state index in [0.717, 1.165) is 24.1 Å². The molecule has 0 saturated heterocycles. The number of rotatable bonds is 2. The van der Waals surface area contributed by atoms with Gasteiger partial charge < -0.3 is 5.32 Å². The maximum Gasteiger partial charge on any atom is 0.227 e. The van der Waals surface area contributed by atoms with Crippen LogP contribution in [-0.2, 0) is 4.79 Å². The lowest BCUT2D eigenvalue weighted by Gasteiger charge is -2.24. The summed E-state index contributed by atoms with van der Waals surface area (Å²) in [5.41, 5.74) is 2.07. The first-order chi connectivity index (χ1) is 6.77. The first-order valence-corrected chi connectivity index (χ1v) is 5.14. The number of para-hydroxylation sites is 1. The Balaban J connectivity index is 2.03. The van der Waals surface area contributed by atoms with Crippen molar-refractivity contribution < 1.29 is 4.79 Å². The molecule has 0 bridgehead atoms. The predicted molar refractivity (Wildman–Crippen MR) is 57.1 cm³/mol. The molecule has 0 unspecified atom stereocenters. The molecule has 1 saturated carbocycles. The van der Waals surface area contributed by atoms with E-state index in [2.05, 4.69) is 5.32 Å². The zero-order valence-electron chi connectivity index (χ0n) is 8.42. The molecule has 1 fully saturated rings. The van der Waals surface area contributed by atoms with Gasteiger partial charge in [0.05, 0.1) is 0 Å². The summed E-state index contributed by atoms with van der Waals surface area (Å²) in [6.07, 6.45) is 3.31. The number of carbonyl (C=O) groups excluding carboxylic acids is 1. The second-order valence-corrected chi connectivity index (χ2v) is 3.93. The number of benzene rings is 1. The summed E-state index contributed by atoms with van der Waals surface area (Å²) in [5, 5.41) is 2.97. The van der Waals surface area contributed by atoms with Crippen molar-refractivity contribution in [1.82, 2.24) is 0 Å². The molecule has 0 aromatic heterocycles. The van der Waals surface area contributed by atoms with Gasteiger partial charge in [0, 0.05) is 11.6 Å². The molecule has 0 spiro atoms. The van der Waals surface area contributed by atoms with Crippen LogP contribution in [0.1, 0.15) is 24.8 Å². The average Bonchev–Trinajstić information content (AvgIpc) is 2.05. The highest BCUT2D eigenvalue weighted by Crippen LogP contribution is 2.27. The van der Waals surface area contributed by atoms with E-state index in [4.69, 9.17) is 0 Å². The maximum atomic E-state index is 11.6. The van der Waals surface area contributed by atoms with Crippen molar-refractivity contribution in [2.45, 2.75) is 26.2 Å². The van der Waals surface area contributed by atoms with Crippen LogP contribution in [0.15, 0.2) is 24.3 Å². The monoisotopic (exact) mass is 189 g/mol. The average molecular weight is 189 g/mol. The number of amides is 1. The van der Waals surface area contributed by atoms with Crippen molar-refractivity contribution in [3.8, 4) is 0 Å². The molecule has 2 heteroatoms. The molecule has 2 nitrogen and oxygen atoms in total. The summed E-state index contributed by atoms with van der Waals surface area (Å²) in [6, 6.07) is 7.89. The van der Waals surface area contributed by atoms with Gasteiger partial charge in [-0.25, -0.2) is 0 Å². The molecular weight excluding hydrogens is 174 g/mol. The van der Waals surface area contributed by atoms with E-state index >= 15 is 0 Å². The molecule has 1 amide bonds. The molecule has 0 atom stereocenters.